The number of rotatable bonds is 8. The van der Waals surface area contributed by atoms with Gasteiger partial charge in [-0.2, -0.15) is 0 Å². The molecule has 0 saturated carbocycles. The van der Waals surface area contributed by atoms with Crippen LogP contribution in [0, 0.1) is 11.8 Å². The fraction of sp³-hybridized carbons (Fsp3) is 0.786. The van der Waals surface area contributed by atoms with Gasteiger partial charge >= 0.3 is 0 Å². The highest BCUT2D eigenvalue weighted by molar-refractivity contribution is 5.88. The van der Waals surface area contributed by atoms with Crippen LogP contribution >= 0.6 is 0 Å². The minimum Gasteiger partial charge on any atom is -0.356 e. The molecular weight excluding hydrogens is 244 g/mol. The highest BCUT2D eigenvalue weighted by atomic mass is 16.2. The molecule has 2 N–H and O–H groups in total. The molecule has 2 atom stereocenters. The number of ketones is 1. The number of hydrogen-bond donors (Lipinski definition) is 2. The van der Waals surface area contributed by atoms with Crippen molar-refractivity contribution in [2.24, 2.45) is 11.8 Å². The lowest BCUT2D eigenvalue weighted by atomic mass is 9.96. The van der Waals surface area contributed by atoms with Crippen molar-refractivity contribution in [3.05, 3.63) is 0 Å². The molecule has 0 unspecified atom stereocenters. The quantitative estimate of drug-likeness (QED) is 0.652. The average Bonchev–Trinajstić information content (AvgIpc) is 2.30. The molecule has 5 heteroatoms. The Hall–Kier alpha value is -1.39. The van der Waals surface area contributed by atoms with Crippen molar-refractivity contribution in [3.8, 4) is 0 Å². The third-order valence-corrected chi connectivity index (χ3v) is 3.26. The maximum absolute atomic E-state index is 11.9. The topological polar surface area (TPSA) is 75.3 Å². The first kappa shape index (κ1) is 17.6. The maximum Gasteiger partial charge on any atom is 0.223 e. The highest BCUT2D eigenvalue weighted by Crippen LogP contribution is 2.10. The molecule has 0 aliphatic heterocycles. The smallest absolute Gasteiger partial charge is 0.223 e. The Morgan fingerprint density at radius 2 is 1.63 bits per heavy atom. The monoisotopic (exact) mass is 270 g/mol. The lowest BCUT2D eigenvalue weighted by Crippen LogP contribution is -2.43. The number of amides is 2. The summed E-state index contributed by atoms with van der Waals surface area (Å²) in [5.41, 5.74) is 0. The van der Waals surface area contributed by atoms with E-state index in [9.17, 15) is 14.4 Å². The predicted octanol–water partition coefficient (Wildman–Crippen LogP) is 1.27. The molecule has 0 aromatic heterocycles. The fourth-order valence-corrected chi connectivity index (χ4v) is 1.55. The second-order valence-electron chi connectivity index (χ2n) is 5.33. The van der Waals surface area contributed by atoms with E-state index < -0.39 is 6.04 Å². The van der Waals surface area contributed by atoms with E-state index in [1.54, 1.807) is 0 Å². The first-order chi connectivity index (χ1) is 8.75. The van der Waals surface area contributed by atoms with Gasteiger partial charge in [-0.05, 0) is 25.7 Å². The molecule has 5 nitrogen and oxygen atoms in total. The third kappa shape index (κ3) is 7.59. The summed E-state index contributed by atoms with van der Waals surface area (Å²) in [4.78, 5) is 34.1. The van der Waals surface area contributed by atoms with Crippen molar-refractivity contribution >= 4 is 17.6 Å². The van der Waals surface area contributed by atoms with Crippen LogP contribution < -0.4 is 10.6 Å². The van der Waals surface area contributed by atoms with Gasteiger partial charge in [0, 0.05) is 19.4 Å². The molecular formula is C14H26N2O3. The molecule has 0 bridgehead atoms. The van der Waals surface area contributed by atoms with E-state index in [0.717, 1.165) is 0 Å². The van der Waals surface area contributed by atoms with E-state index in [4.69, 9.17) is 0 Å². The van der Waals surface area contributed by atoms with Crippen LogP contribution in [0.4, 0.5) is 0 Å². The summed E-state index contributed by atoms with van der Waals surface area (Å²) >= 11 is 0. The molecule has 0 aromatic rings. The van der Waals surface area contributed by atoms with Crippen LogP contribution in [0.1, 0.15) is 47.5 Å². The summed E-state index contributed by atoms with van der Waals surface area (Å²) in [6, 6.07) is -0.456. The van der Waals surface area contributed by atoms with Crippen LogP contribution in [-0.4, -0.2) is 30.2 Å². The van der Waals surface area contributed by atoms with Gasteiger partial charge in [-0.15, -0.1) is 0 Å². The van der Waals surface area contributed by atoms with Gasteiger partial charge in [0.1, 0.15) is 0 Å². The van der Waals surface area contributed by atoms with Crippen molar-refractivity contribution in [2.45, 2.75) is 53.5 Å². The van der Waals surface area contributed by atoms with Gasteiger partial charge in [0.2, 0.25) is 11.8 Å². The lowest BCUT2D eigenvalue weighted by molar-refractivity contribution is -0.130. The minimum atomic E-state index is -0.456. The van der Waals surface area contributed by atoms with Gasteiger partial charge in [-0.1, -0.05) is 20.8 Å². The van der Waals surface area contributed by atoms with Crippen LogP contribution in [0.3, 0.4) is 0 Å². The molecule has 0 radical (unpaired) electrons. The highest BCUT2D eigenvalue weighted by Gasteiger charge is 2.22. The zero-order valence-corrected chi connectivity index (χ0v) is 12.6. The van der Waals surface area contributed by atoms with E-state index in [-0.39, 0.29) is 29.4 Å². The summed E-state index contributed by atoms with van der Waals surface area (Å²) < 4.78 is 0. The maximum atomic E-state index is 11.9. The Kier molecular flexibility index (Phi) is 8.03. The first-order valence-electron chi connectivity index (χ1n) is 6.81. The summed E-state index contributed by atoms with van der Waals surface area (Å²) in [5, 5.41) is 5.46. The molecule has 0 aromatic carbocycles. The Morgan fingerprint density at radius 3 is 2.05 bits per heavy atom. The molecule has 19 heavy (non-hydrogen) atoms. The van der Waals surface area contributed by atoms with E-state index in [1.165, 1.54) is 13.8 Å². The lowest BCUT2D eigenvalue weighted by Gasteiger charge is -2.20. The minimum absolute atomic E-state index is 0.0490. The Labute approximate surface area is 115 Å². The summed E-state index contributed by atoms with van der Waals surface area (Å²) in [7, 11) is 0. The van der Waals surface area contributed by atoms with Crippen molar-refractivity contribution in [1.29, 1.82) is 0 Å². The van der Waals surface area contributed by atoms with Crippen LogP contribution in [0.5, 0.6) is 0 Å². The van der Waals surface area contributed by atoms with Crippen molar-refractivity contribution in [3.63, 3.8) is 0 Å². The summed E-state index contributed by atoms with van der Waals surface area (Å²) in [6.45, 7) is 9.26. The summed E-state index contributed by atoms with van der Waals surface area (Å²) in [5.74, 6) is -0.0946. The molecule has 0 saturated heterocycles. The molecule has 0 aliphatic carbocycles. The summed E-state index contributed by atoms with van der Waals surface area (Å²) in [6.07, 6.45) is 1.21. The van der Waals surface area contributed by atoms with E-state index >= 15 is 0 Å². The van der Waals surface area contributed by atoms with E-state index in [0.29, 0.717) is 19.4 Å². The SMILES string of the molecule is CC(=O)NCCC[C@H](NC(=O)[C@@H](C)C(C)C)C(C)=O. The zero-order valence-electron chi connectivity index (χ0n) is 12.6. The standard InChI is InChI=1S/C14H26N2O3/c1-9(2)10(3)14(19)16-13(11(4)17)7-6-8-15-12(5)18/h9-10,13H,6-8H2,1-5H3,(H,15,18)(H,16,19)/t10-,13-/m0/s1. The third-order valence-electron chi connectivity index (χ3n) is 3.26. The van der Waals surface area contributed by atoms with Crippen LogP contribution in [0.2, 0.25) is 0 Å². The molecule has 0 fully saturated rings. The van der Waals surface area contributed by atoms with Crippen molar-refractivity contribution < 1.29 is 14.4 Å². The number of hydrogen-bond acceptors (Lipinski definition) is 3. The average molecular weight is 270 g/mol. The van der Waals surface area contributed by atoms with Gasteiger partial charge in [0.25, 0.3) is 0 Å². The van der Waals surface area contributed by atoms with E-state index in [2.05, 4.69) is 10.6 Å². The first-order valence-corrected chi connectivity index (χ1v) is 6.81. The van der Waals surface area contributed by atoms with Gasteiger partial charge in [0.05, 0.1) is 6.04 Å². The number of carbonyl (C=O) groups is 3. The molecule has 0 rings (SSSR count). The fourth-order valence-electron chi connectivity index (χ4n) is 1.55. The normalized spacial score (nSPS) is 13.8. The zero-order chi connectivity index (χ0) is 15.0. The number of Topliss-reactive ketones (excluding diaryl/α,β-unsaturated/α-hetero) is 1. The molecule has 2 amide bonds. The van der Waals surface area contributed by atoms with Gasteiger partial charge in [-0.25, -0.2) is 0 Å². The molecule has 0 heterocycles. The van der Waals surface area contributed by atoms with Crippen LogP contribution in [0.15, 0.2) is 0 Å². The van der Waals surface area contributed by atoms with Crippen LogP contribution in [-0.2, 0) is 14.4 Å². The van der Waals surface area contributed by atoms with Gasteiger partial charge in [0.15, 0.2) is 5.78 Å². The molecule has 0 spiro atoms. The Morgan fingerprint density at radius 1 is 1.05 bits per heavy atom. The van der Waals surface area contributed by atoms with Gasteiger partial charge in [-0.3, -0.25) is 14.4 Å². The molecule has 110 valence electrons. The second-order valence-corrected chi connectivity index (χ2v) is 5.33. The van der Waals surface area contributed by atoms with E-state index in [1.807, 2.05) is 20.8 Å². The van der Waals surface area contributed by atoms with Gasteiger partial charge < -0.3 is 10.6 Å². The largest absolute Gasteiger partial charge is 0.356 e. The Balaban J connectivity index is 4.23. The van der Waals surface area contributed by atoms with Crippen molar-refractivity contribution in [2.75, 3.05) is 6.54 Å². The predicted molar refractivity (Wildman–Crippen MR) is 74.5 cm³/mol. The number of nitrogens with one attached hydrogen (secondary N) is 2. The van der Waals surface area contributed by atoms with Crippen molar-refractivity contribution in [1.82, 2.24) is 10.6 Å². The Bertz CT molecular complexity index is 327. The molecule has 0 aliphatic rings. The number of carbonyl (C=O) groups excluding carboxylic acids is 3. The van der Waals surface area contributed by atoms with Crippen LogP contribution in [0.25, 0.3) is 0 Å². The second kappa shape index (κ2) is 8.67.